The van der Waals surface area contributed by atoms with Gasteiger partial charge in [-0.05, 0) is 61.6 Å². The Hall–Kier alpha value is -2.64. The van der Waals surface area contributed by atoms with Crippen molar-refractivity contribution in [2.45, 2.75) is 51.0 Å². The third kappa shape index (κ3) is 5.93. The summed E-state index contributed by atoms with van der Waals surface area (Å²) >= 11 is 6.34. The zero-order chi connectivity index (χ0) is 26.6. The second kappa shape index (κ2) is 11.4. The van der Waals surface area contributed by atoms with Crippen LogP contribution in [0, 0.1) is 5.41 Å². The predicted octanol–water partition coefficient (Wildman–Crippen LogP) is 4.99. The number of benzene rings is 1. The number of pyridine rings is 1. The number of ether oxygens (including phenoxy) is 1. The number of amides is 2. The van der Waals surface area contributed by atoms with Crippen molar-refractivity contribution in [3.8, 4) is 0 Å². The summed E-state index contributed by atoms with van der Waals surface area (Å²) in [6.07, 6.45) is 5.73. The van der Waals surface area contributed by atoms with E-state index in [1.807, 2.05) is 48.3 Å². The molecule has 2 saturated heterocycles. The lowest BCUT2D eigenvalue weighted by atomic mass is 9.76. The highest BCUT2D eigenvalue weighted by atomic mass is 35.5. The SMILES string of the molecule is CN(C)C(=O)c1ccc(N2CCC(C)(CCCN(C)C(=O)C3(c4ccccc4)CCCO3)CC2)nc1Cl. The lowest BCUT2D eigenvalue weighted by molar-refractivity contribution is -0.153. The molecule has 37 heavy (non-hydrogen) atoms. The molecular formula is C29H39ClN4O3. The molecule has 0 saturated carbocycles. The van der Waals surface area contributed by atoms with Gasteiger partial charge >= 0.3 is 0 Å². The molecule has 2 aromatic rings. The van der Waals surface area contributed by atoms with E-state index in [2.05, 4.69) is 16.8 Å². The van der Waals surface area contributed by atoms with E-state index in [4.69, 9.17) is 16.3 Å². The predicted molar refractivity (Wildman–Crippen MR) is 147 cm³/mol. The second-order valence-electron chi connectivity index (χ2n) is 11.0. The molecule has 0 N–H and O–H groups in total. The van der Waals surface area contributed by atoms with Crippen LogP contribution in [0.1, 0.15) is 61.4 Å². The van der Waals surface area contributed by atoms with Gasteiger partial charge in [0.1, 0.15) is 11.0 Å². The van der Waals surface area contributed by atoms with Gasteiger partial charge in [-0.25, -0.2) is 4.98 Å². The number of likely N-dealkylation sites (N-methyl/N-ethyl adjacent to an activating group) is 1. The monoisotopic (exact) mass is 526 g/mol. The van der Waals surface area contributed by atoms with Gasteiger partial charge in [0, 0.05) is 47.4 Å². The normalized spacial score (nSPS) is 21.1. The van der Waals surface area contributed by atoms with E-state index in [9.17, 15) is 9.59 Å². The lowest BCUT2D eigenvalue weighted by Crippen LogP contribution is -2.45. The molecule has 7 nitrogen and oxygen atoms in total. The minimum Gasteiger partial charge on any atom is -0.360 e. The molecule has 0 radical (unpaired) electrons. The number of hydrogen-bond donors (Lipinski definition) is 0. The van der Waals surface area contributed by atoms with Gasteiger partial charge in [-0.2, -0.15) is 0 Å². The molecule has 2 amide bonds. The number of anilines is 1. The molecule has 1 atom stereocenters. The van der Waals surface area contributed by atoms with Crippen LogP contribution in [0.4, 0.5) is 5.82 Å². The van der Waals surface area contributed by atoms with E-state index in [-0.39, 0.29) is 22.4 Å². The summed E-state index contributed by atoms with van der Waals surface area (Å²) in [5.41, 5.74) is 0.752. The van der Waals surface area contributed by atoms with Crippen LogP contribution < -0.4 is 4.90 Å². The fraction of sp³-hybridized carbons (Fsp3) is 0.552. The van der Waals surface area contributed by atoms with E-state index in [1.54, 1.807) is 20.2 Å². The van der Waals surface area contributed by atoms with Gasteiger partial charge in [-0.1, -0.05) is 48.9 Å². The van der Waals surface area contributed by atoms with Crippen LogP contribution in [0.15, 0.2) is 42.5 Å². The van der Waals surface area contributed by atoms with Crippen molar-refractivity contribution < 1.29 is 14.3 Å². The Morgan fingerprint density at radius 1 is 1.05 bits per heavy atom. The Labute approximate surface area is 225 Å². The molecule has 2 aliphatic rings. The fourth-order valence-corrected chi connectivity index (χ4v) is 5.78. The number of hydrogen-bond acceptors (Lipinski definition) is 5. The molecule has 200 valence electrons. The molecule has 1 aromatic heterocycles. The summed E-state index contributed by atoms with van der Waals surface area (Å²) in [7, 11) is 5.31. The van der Waals surface area contributed by atoms with Gasteiger partial charge in [-0.15, -0.1) is 0 Å². The van der Waals surface area contributed by atoms with Gasteiger partial charge in [0.25, 0.3) is 11.8 Å². The zero-order valence-corrected chi connectivity index (χ0v) is 23.3. The summed E-state index contributed by atoms with van der Waals surface area (Å²) < 4.78 is 6.09. The standard InChI is InChI=1S/C29H39ClN4O3/c1-28(16-19-34(20-17-28)24-13-12-23(25(30)31-24)26(35)32(2)3)14-8-18-33(4)27(36)29(15-9-21-37-29)22-10-6-5-7-11-22/h5-7,10-13H,8-9,14-21H2,1-4H3. The van der Waals surface area contributed by atoms with Gasteiger partial charge in [0.05, 0.1) is 5.56 Å². The highest BCUT2D eigenvalue weighted by Crippen LogP contribution is 2.39. The average Bonchev–Trinajstić information content (AvgIpc) is 3.40. The van der Waals surface area contributed by atoms with Crippen LogP contribution >= 0.6 is 11.6 Å². The Bertz CT molecular complexity index is 1090. The first-order valence-corrected chi connectivity index (χ1v) is 13.6. The van der Waals surface area contributed by atoms with Crippen molar-refractivity contribution in [3.63, 3.8) is 0 Å². The van der Waals surface area contributed by atoms with E-state index in [0.29, 0.717) is 18.7 Å². The number of piperidine rings is 1. The highest BCUT2D eigenvalue weighted by molar-refractivity contribution is 6.32. The van der Waals surface area contributed by atoms with E-state index in [0.717, 1.165) is 63.0 Å². The topological polar surface area (TPSA) is 66.0 Å². The van der Waals surface area contributed by atoms with Crippen LogP contribution in [-0.2, 0) is 15.1 Å². The molecule has 1 aromatic carbocycles. The molecule has 0 bridgehead atoms. The summed E-state index contributed by atoms with van der Waals surface area (Å²) in [6, 6.07) is 13.6. The average molecular weight is 527 g/mol. The molecule has 2 fully saturated rings. The van der Waals surface area contributed by atoms with E-state index < -0.39 is 5.60 Å². The lowest BCUT2D eigenvalue weighted by Gasteiger charge is -2.40. The summed E-state index contributed by atoms with van der Waals surface area (Å²) in [4.78, 5) is 35.9. The first-order chi connectivity index (χ1) is 17.7. The number of halogens is 1. The molecule has 1 unspecified atom stereocenters. The number of nitrogens with zero attached hydrogens (tertiary/aromatic N) is 4. The molecule has 2 aliphatic heterocycles. The largest absolute Gasteiger partial charge is 0.360 e. The Kier molecular flexibility index (Phi) is 8.44. The van der Waals surface area contributed by atoms with Crippen molar-refractivity contribution >= 4 is 29.2 Å². The molecular weight excluding hydrogens is 488 g/mol. The maximum absolute atomic E-state index is 13.5. The van der Waals surface area contributed by atoms with Gasteiger partial charge < -0.3 is 19.4 Å². The Morgan fingerprint density at radius 2 is 1.76 bits per heavy atom. The van der Waals surface area contributed by atoms with Crippen LogP contribution in [0.5, 0.6) is 0 Å². The first kappa shape index (κ1) is 27.4. The minimum atomic E-state index is -0.841. The van der Waals surface area contributed by atoms with Crippen molar-refractivity contribution in [1.82, 2.24) is 14.8 Å². The van der Waals surface area contributed by atoms with E-state index >= 15 is 0 Å². The minimum absolute atomic E-state index is 0.0651. The van der Waals surface area contributed by atoms with Crippen LogP contribution in [0.25, 0.3) is 0 Å². The molecule has 0 aliphatic carbocycles. The maximum atomic E-state index is 13.5. The van der Waals surface area contributed by atoms with Crippen molar-refractivity contribution in [2.75, 3.05) is 52.3 Å². The third-order valence-electron chi connectivity index (χ3n) is 7.99. The zero-order valence-electron chi connectivity index (χ0n) is 22.5. The van der Waals surface area contributed by atoms with Crippen LogP contribution in [0.2, 0.25) is 5.15 Å². The molecule has 4 rings (SSSR count). The molecule has 8 heteroatoms. The van der Waals surface area contributed by atoms with Crippen molar-refractivity contribution in [2.24, 2.45) is 5.41 Å². The Balaban J connectivity index is 1.29. The van der Waals surface area contributed by atoms with Crippen LogP contribution in [-0.4, -0.2) is 74.0 Å². The third-order valence-corrected chi connectivity index (χ3v) is 8.28. The smallest absolute Gasteiger partial charge is 0.259 e. The molecule has 0 spiro atoms. The maximum Gasteiger partial charge on any atom is 0.259 e. The van der Waals surface area contributed by atoms with Gasteiger partial charge in [0.15, 0.2) is 5.60 Å². The van der Waals surface area contributed by atoms with Crippen molar-refractivity contribution in [3.05, 3.63) is 58.7 Å². The van der Waals surface area contributed by atoms with E-state index in [1.165, 1.54) is 4.90 Å². The number of aromatic nitrogens is 1. The fourth-order valence-electron chi connectivity index (χ4n) is 5.55. The highest BCUT2D eigenvalue weighted by Gasteiger charge is 2.45. The van der Waals surface area contributed by atoms with Gasteiger partial charge in [0.2, 0.25) is 0 Å². The number of carbonyl (C=O) groups is 2. The van der Waals surface area contributed by atoms with Crippen molar-refractivity contribution in [1.29, 1.82) is 0 Å². The number of rotatable bonds is 8. The van der Waals surface area contributed by atoms with Gasteiger partial charge in [-0.3, -0.25) is 9.59 Å². The summed E-state index contributed by atoms with van der Waals surface area (Å²) in [6.45, 7) is 5.46. The molecule has 3 heterocycles. The number of carbonyl (C=O) groups excluding carboxylic acids is 2. The first-order valence-electron chi connectivity index (χ1n) is 13.2. The van der Waals surface area contributed by atoms with Crippen LogP contribution in [0.3, 0.4) is 0 Å². The quantitative estimate of drug-likeness (QED) is 0.453. The summed E-state index contributed by atoms with van der Waals surface area (Å²) in [5, 5.41) is 0.247. The summed E-state index contributed by atoms with van der Waals surface area (Å²) in [5.74, 6) is 0.735. The second-order valence-corrected chi connectivity index (χ2v) is 11.3. The Morgan fingerprint density at radius 3 is 2.35 bits per heavy atom.